The number of nitrogens with zero attached hydrogens (tertiary/aromatic N) is 3. The molecule has 4 aromatic rings. The first kappa shape index (κ1) is 35.6. The second-order valence-electron chi connectivity index (χ2n) is 13.2. The van der Waals surface area contributed by atoms with Crippen LogP contribution in [0.5, 0.6) is 0 Å². The van der Waals surface area contributed by atoms with E-state index in [9.17, 15) is 28.1 Å². The molecule has 0 unspecified atom stereocenters. The Hall–Kier alpha value is -4.17. The van der Waals surface area contributed by atoms with Gasteiger partial charge in [-0.1, -0.05) is 73.5 Å². The highest BCUT2D eigenvalue weighted by atomic mass is 32.2. The van der Waals surface area contributed by atoms with Gasteiger partial charge in [-0.3, -0.25) is 19.7 Å². The quantitative estimate of drug-likeness (QED) is 0.121. The molecule has 0 atom stereocenters. The van der Waals surface area contributed by atoms with Crippen LogP contribution in [0.4, 0.5) is 5.69 Å². The number of carbonyl (C=O) groups excluding carboxylic acids is 2. The Morgan fingerprint density at radius 2 is 1.60 bits per heavy atom. The lowest BCUT2D eigenvalue weighted by Crippen LogP contribution is -2.58. The summed E-state index contributed by atoms with van der Waals surface area (Å²) in [5.41, 5.74) is -0.753. The highest BCUT2D eigenvalue weighted by molar-refractivity contribution is 7.89. The Bertz CT molecular complexity index is 1890. The molecular formula is C37H43N5O6S2. The molecular weight excluding hydrogens is 675 g/mol. The Morgan fingerprint density at radius 1 is 0.920 bits per heavy atom. The second-order valence-corrected chi connectivity index (χ2v) is 16.2. The summed E-state index contributed by atoms with van der Waals surface area (Å²) in [5, 5.41) is 19.3. The zero-order chi connectivity index (χ0) is 35.1. The Labute approximate surface area is 296 Å². The Morgan fingerprint density at radius 3 is 2.32 bits per heavy atom. The van der Waals surface area contributed by atoms with E-state index in [4.69, 9.17) is 0 Å². The van der Waals surface area contributed by atoms with Gasteiger partial charge in [0.15, 0.2) is 4.90 Å². The highest BCUT2D eigenvalue weighted by Crippen LogP contribution is 2.34. The van der Waals surface area contributed by atoms with E-state index in [1.54, 1.807) is 4.90 Å². The number of piperidine rings is 1. The molecule has 2 N–H and O–H groups in total. The van der Waals surface area contributed by atoms with Crippen LogP contribution in [0.1, 0.15) is 60.2 Å². The number of nitrogens with one attached hydrogen (secondary N) is 2. The van der Waals surface area contributed by atoms with Crippen LogP contribution in [-0.2, 0) is 21.4 Å². The van der Waals surface area contributed by atoms with Gasteiger partial charge in [0, 0.05) is 36.9 Å². The zero-order valence-electron chi connectivity index (χ0n) is 28.0. The van der Waals surface area contributed by atoms with Crippen LogP contribution >= 0.6 is 11.3 Å². The molecule has 2 amide bonds. The van der Waals surface area contributed by atoms with E-state index in [0.29, 0.717) is 30.1 Å². The molecule has 1 aromatic heterocycles. The summed E-state index contributed by atoms with van der Waals surface area (Å²) in [6.45, 7) is 2.08. The molecule has 1 saturated carbocycles. The number of nitro groups is 1. The first-order chi connectivity index (χ1) is 24.2. The van der Waals surface area contributed by atoms with Crippen molar-refractivity contribution in [3.8, 4) is 0 Å². The SMILES string of the molecule is O=C(NC1(C(=O)N(CCN(CCC2CCNCC2)S(=O)(=O)c2ccccc2[N+](=O)[O-])Cc2ccccc2)CCCC1)c1cc2ccccc2s1. The monoisotopic (exact) mass is 717 g/mol. The number of amides is 2. The first-order valence-electron chi connectivity index (χ1n) is 17.2. The summed E-state index contributed by atoms with van der Waals surface area (Å²) in [6.07, 6.45) is 4.92. The van der Waals surface area contributed by atoms with Crippen molar-refractivity contribution < 1.29 is 22.9 Å². The summed E-state index contributed by atoms with van der Waals surface area (Å²) < 4.78 is 30.7. The van der Waals surface area contributed by atoms with Crippen molar-refractivity contribution in [1.29, 1.82) is 0 Å². The van der Waals surface area contributed by atoms with E-state index in [1.807, 2.05) is 60.7 Å². The Balaban J connectivity index is 1.29. The predicted molar refractivity (Wildman–Crippen MR) is 194 cm³/mol. The van der Waals surface area contributed by atoms with Crippen molar-refractivity contribution in [1.82, 2.24) is 19.8 Å². The topological polar surface area (TPSA) is 142 Å². The molecule has 13 heteroatoms. The minimum absolute atomic E-state index is 0.0420. The van der Waals surface area contributed by atoms with E-state index in [-0.39, 0.29) is 42.9 Å². The largest absolute Gasteiger partial charge is 0.337 e. The maximum atomic E-state index is 14.7. The summed E-state index contributed by atoms with van der Waals surface area (Å²) in [5.74, 6) is -0.244. The van der Waals surface area contributed by atoms with Gasteiger partial charge in [-0.2, -0.15) is 4.31 Å². The van der Waals surface area contributed by atoms with Crippen LogP contribution in [0.25, 0.3) is 10.1 Å². The van der Waals surface area contributed by atoms with E-state index in [0.717, 1.165) is 54.4 Å². The molecule has 3 aromatic carbocycles. The molecule has 2 heterocycles. The number of hydrogen-bond donors (Lipinski definition) is 2. The summed E-state index contributed by atoms with van der Waals surface area (Å²) in [6, 6.07) is 24.5. The van der Waals surface area contributed by atoms with Gasteiger partial charge in [0.2, 0.25) is 15.9 Å². The summed E-state index contributed by atoms with van der Waals surface area (Å²) >= 11 is 1.38. The van der Waals surface area contributed by atoms with Gasteiger partial charge in [0.1, 0.15) is 5.54 Å². The van der Waals surface area contributed by atoms with Crippen molar-refractivity contribution in [2.45, 2.75) is 61.9 Å². The van der Waals surface area contributed by atoms with Gasteiger partial charge >= 0.3 is 0 Å². The average molecular weight is 718 g/mol. The molecule has 1 aliphatic carbocycles. The second kappa shape index (κ2) is 15.8. The molecule has 1 saturated heterocycles. The molecule has 264 valence electrons. The standard InChI is InChI=1S/C37H43N5O6S2/c43-35(33-26-30-12-4-6-14-32(30)49-33)39-37(19-8-9-20-37)36(44)40(27-29-10-2-1-3-11-29)24-25-41(23-18-28-16-21-38-22-17-28)50(47,48)34-15-7-5-13-31(34)42(45)46/h1-7,10-15,26,28,38H,8-9,16-25,27H2,(H,39,43). The minimum atomic E-state index is -4.30. The number of fused-ring (bicyclic) bond motifs is 1. The molecule has 0 radical (unpaired) electrons. The van der Waals surface area contributed by atoms with Crippen molar-refractivity contribution >= 4 is 48.9 Å². The smallest absolute Gasteiger partial charge is 0.289 e. The van der Waals surface area contributed by atoms with Crippen molar-refractivity contribution in [2.24, 2.45) is 5.92 Å². The van der Waals surface area contributed by atoms with Crippen LogP contribution in [0, 0.1) is 16.0 Å². The highest BCUT2D eigenvalue weighted by Gasteiger charge is 2.45. The lowest BCUT2D eigenvalue weighted by atomic mass is 9.94. The fraction of sp³-hybridized carbons (Fsp3) is 0.405. The van der Waals surface area contributed by atoms with Crippen molar-refractivity contribution in [3.63, 3.8) is 0 Å². The summed E-state index contributed by atoms with van der Waals surface area (Å²) in [7, 11) is -4.30. The first-order valence-corrected chi connectivity index (χ1v) is 19.5. The maximum absolute atomic E-state index is 14.7. The molecule has 2 aliphatic rings. The third kappa shape index (κ3) is 8.07. The number of carbonyl (C=O) groups is 2. The van der Waals surface area contributed by atoms with E-state index < -0.39 is 26.2 Å². The molecule has 6 rings (SSSR count). The van der Waals surface area contributed by atoms with E-state index in [1.165, 1.54) is 39.9 Å². The third-order valence-electron chi connectivity index (χ3n) is 9.92. The predicted octanol–water partition coefficient (Wildman–Crippen LogP) is 5.96. The number of rotatable bonds is 14. The van der Waals surface area contributed by atoms with Crippen LogP contribution in [0.3, 0.4) is 0 Å². The molecule has 2 fully saturated rings. The Kier molecular flexibility index (Phi) is 11.3. The van der Waals surface area contributed by atoms with Crippen LogP contribution < -0.4 is 10.6 Å². The van der Waals surface area contributed by atoms with Gasteiger partial charge in [-0.15, -0.1) is 11.3 Å². The lowest BCUT2D eigenvalue weighted by Gasteiger charge is -2.36. The number of para-hydroxylation sites is 1. The molecule has 50 heavy (non-hydrogen) atoms. The van der Waals surface area contributed by atoms with E-state index in [2.05, 4.69) is 10.6 Å². The maximum Gasteiger partial charge on any atom is 0.289 e. The van der Waals surface area contributed by atoms with Crippen molar-refractivity contribution in [3.05, 3.63) is 105 Å². The fourth-order valence-electron chi connectivity index (χ4n) is 7.15. The van der Waals surface area contributed by atoms with E-state index >= 15 is 0 Å². The number of nitro benzene ring substituents is 1. The molecule has 1 aliphatic heterocycles. The van der Waals surface area contributed by atoms with Crippen LogP contribution in [0.15, 0.2) is 89.8 Å². The average Bonchev–Trinajstić information content (AvgIpc) is 3.80. The van der Waals surface area contributed by atoms with Gasteiger partial charge in [0.05, 0.1) is 9.80 Å². The minimum Gasteiger partial charge on any atom is -0.337 e. The molecule has 0 bridgehead atoms. The number of benzene rings is 3. The lowest BCUT2D eigenvalue weighted by molar-refractivity contribution is -0.387. The fourth-order valence-corrected chi connectivity index (χ4v) is 9.71. The zero-order valence-corrected chi connectivity index (χ0v) is 29.6. The number of thiophene rings is 1. The number of sulfonamides is 1. The summed E-state index contributed by atoms with van der Waals surface area (Å²) in [4.78, 5) is 41.5. The molecule has 11 nitrogen and oxygen atoms in total. The van der Waals surface area contributed by atoms with Gasteiger partial charge in [0.25, 0.3) is 11.6 Å². The molecule has 0 spiro atoms. The third-order valence-corrected chi connectivity index (χ3v) is 13.0. The van der Waals surface area contributed by atoms with Gasteiger partial charge in [-0.25, -0.2) is 8.42 Å². The normalized spacial score (nSPS) is 16.4. The number of hydrogen-bond acceptors (Lipinski definition) is 8. The van der Waals surface area contributed by atoms with Crippen molar-refractivity contribution in [2.75, 3.05) is 32.7 Å². The van der Waals surface area contributed by atoms with Gasteiger partial charge in [-0.05, 0) is 80.3 Å². The van der Waals surface area contributed by atoms with Crippen LogP contribution in [0.2, 0.25) is 0 Å². The van der Waals surface area contributed by atoms with Crippen LogP contribution in [-0.4, -0.2) is 72.6 Å². The van der Waals surface area contributed by atoms with Gasteiger partial charge < -0.3 is 15.5 Å².